The van der Waals surface area contributed by atoms with E-state index in [9.17, 15) is 19.2 Å². The van der Waals surface area contributed by atoms with Crippen LogP contribution in [0.15, 0.2) is 0 Å². The number of carbonyl (C=O) groups excluding carboxylic acids is 1. The average Bonchev–Trinajstić information content (AvgIpc) is 2.39. The maximum Gasteiger partial charge on any atom is 0.326 e. The van der Waals surface area contributed by atoms with Crippen molar-refractivity contribution in [2.45, 2.75) is 66.0 Å². The predicted octanol–water partition coefficient (Wildman–Crippen LogP) is 1.52. The van der Waals surface area contributed by atoms with Gasteiger partial charge in [0.2, 0.25) is 0 Å². The minimum Gasteiger partial charge on any atom is -0.481 e. The van der Waals surface area contributed by atoms with Gasteiger partial charge in [0.1, 0.15) is 12.1 Å². The van der Waals surface area contributed by atoms with Crippen molar-refractivity contribution in [3.8, 4) is 0 Å². The van der Waals surface area contributed by atoms with Gasteiger partial charge in [0.15, 0.2) is 0 Å². The Labute approximate surface area is 141 Å². The first kappa shape index (κ1) is 23.9. The van der Waals surface area contributed by atoms with Gasteiger partial charge in [-0.1, -0.05) is 41.0 Å². The largest absolute Gasteiger partial charge is 0.481 e. The molecule has 0 aromatic rings. The van der Waals surface area contributed by atoms with Gasteiger partial charge >= 0.3 is 23.9 Å². The Morgan fingerprint density at radius 1 is 0.917 bits per heavy atom. The Kier molecular flexibility index (Phi) is 11.2. The van der Waals surface area contributed by atoms with Gasteiger partial charge in [-0.2, -0.15) is 0 Å². The summed E-state index contributed by atoms with van der Waals surface area (Å²) in [6.07, 6.45) is 0.518. The van der Waals surface area contributed by atoms with E-state index in [2.05, 4.69) is 24.5 Å². The molecule has 0 spiro atoms. The van der Waals surface area contributed by atoms with E-state index in [4.69, 9.17) is 15.3 Å². The van der Waals surface area contributed by atoms with E-state index in [0.717, 1.165) is 0 Å². The van der Waals surface area contributed by atoms with Gasteiger partial charge in [-0.05, 0) is 11.8 Å². The summed E-state index contributed by atoms with van der Waals surface area (Å²) in [5, 5.41) is 30.7. The highest BCUT2D eigenvalue weighted by atomic mass is 16.4. The average molecular weight is 348 g/mol. The number of carboxylic acid groups (broad SMARTS) is 3. The number of hydrogen-bond donors (Lipinski definition) is 5. The lowest BCUT2D eigenvalue weighted by Crippen LogP contribution is -2.55. The molecule has 0 aromatic heterocycles. The van der Waals surface area contributed by atoms with Crippen LogP contribution >= 0.6 is 0 Å². The summed E-state index contributed by atoms with van der Waals surface area (Å²) in [6, 6.07) is -3.60. The lowest BCUT2D eigenvalue weighted by Gasteiger charge is -2.28. The van der Waals surface area contributed by atoms with E-state index in [1.165, 1.54) is 6.42 Å². The van der Waals surface area contributed by atoms with Crippen molar-refractivity contribution >= 4 is 23.9 Å². The van der Waals surface area contributed by atoms with Crippen molar-refractivity contribution in [1.29, 1.82) is 0 Å². The van der Waals surface area contributed by atoms with E-state index in [1.54, 1.807) is 20.8 Å². The highest BCUT2D eigenvalue weighted by molar-refractivity contribution is 5.86. The quantitative estimate of drug-likeness (QED) is 0.467. The number of rotatable bonds is 7. The lowest BCUT2D eigenvalue weighted by atomic mass is 9.87. The summed E-state index contributed by atoms with van der Waals surface area (Å²) in [7, 11) is 0. The van der Waals surface area contributed by atoms with E-state index >= 15 is 0 Å². The van der Waals surface area contributed by atoms with Crippen LogP contribution in [0.2, 0.25) is 0 Å². The molecule has 0 saturated heterocycles. The van der Waals surface area contributed by atoms with Crippen LogP contribution in [0.3, 0.4) is 0 Å². The molecular formula is C15H28N2O7. The standard InChI is InChI=1S/C12H20N2O7.C3H8/c1-12(2,3)8(10(19)20)14-11(21)13-6(9(17)18)4-5-7(15)16;1-3-2/h6,8H,4-5H2,1-3H3,(H,15,16)(H,17,18)(H,19,20)(H2,13,14,21);3H2,1-2H3. The van der Waals surface area contributed by atoms with E-state index in [1.807, 2.05) is 0 Å². The van der Waals surface area contributed by atoms with Crippen molar-refractivity contribution in [1.82, 2.24) is 10.6 Å². The molecule has 0 heterocycles. The molecule has 0 aromatic carbocycles. The SMILES string of the molecule is CC(C)(C)C(NC(=O)NC(CCC(=O)O)C(=O)O)C(=O)O.CCC. The number of carboxylic acids is 3. The van der Waals surface area contributed by atoms with Crippen LogP contribution in [0, 0.1) is 5.41 Å². The van der Waals surface area contributed by atoms with Crippen LogP contribution < -0.4 is 10.6 Å². The topological polar surface area (TPSA) is 153 Å². The number of amides is 2. The van der Waals surface area contributed by atoms with Gasteiger partial charge in [-0.25, -0.2) is 14.4 Å². The Hall–Kier alpha value is -2.32. The first-order chi connectivity index (χ1) is 10.9. The fraction of sp³-hybridized carbons (Fsp3) is 0.733. The van der Waals surface area contributed by atoms with Crippen LogP contribution in [-0.4, -0.2) is 51.3 Å². The van der Waals surface area contributed by atoms with Crippen LogP contribution in [0.5, 0.6) is 0 Å². The van der Waals surface area contributed by atoms with Gasteiger partial charge in [-0.15, -0.1) is 0 Å². The highest BCUT2D eigenvalue weighted by Crippen LogP contribution is 2.19. The maximum atomic E-state index is 11.7. The van der Waals surface area contributed by atoms with Gasteiger partial charge in [0, 0.05) is 6.42 Å². The third kappa shape index (κ3) is 11.3. The molecule has 0 bridgehead atoms. The molecule has 9 nitrogen and oxygen atoms in total. The zero-order chi connectivity index (χ0) is 19.5. The molecule has 9 heteroatoms. The van der Waals surface area contributed by atoms with Crippen LogP contribution in [-0.2, 0) is 14.4 Å². The van der Waals surface area contributed by atoms with E-state index < -0.39 is 47.9 Å². The summed E-state index contributed by atoms with van der Waals surface area (Å²) in [4.78, 5) is 44.1. The summed E-state index contributed by atoms with van der Waals surface area (Å²) >= 11 is 0. The van der Waals surface area contributed by atoms with Crippen molar-refractivity contribution in [2.75, 3.05) is 0 Å². The van der Waals surface area contributed by atoms with Crippen molar-refractivity contribution in [3.63, 3.8) is 0 Å². The Morgan fingerprint density at radius 3 is 1.67 bits per heavy atom. The molecule has 0 saturated carbocycles. The van der Waals surface area contributed by atoms with Crippen LogP contribution in [0.1, 0.15) is 53.9 Å². The maximum absolute atomic E-state index is 11.7. The smallest absolute Gasteiger partial charge is 0.326 e. The Bertz CT molecular complexity index is 444. The second-order valence-electron chi connectivity index (χ2n) is 6.29. The zero-order valence-corrected chi connectivity index (χ0v) is 14.8. The van der Waals surface area contributed by atoms with Crippen LogP contribution in [0.4, 0.5) is 4.79 Å². The Morgan fingerprint density at radius 2 is 1.38 bits per heavy atom. The fourth-order valence-corrected chi connectivity index (χ4v) is 1.50. The van der Waals surface area contributed by atoms with Crippen LogP contribution in [0.25, 0.3) is 0 Å². The number of aliphatic carboxylic acids is 3. The number of hydrogen-bond acceptors (Lipinski definition) is 4. The molecule has 0 aliphatic heterocycles. The fourth-order valence-electron chi connectivity index (χ4n) is 1.50. The second kappa shape index (κ2) is 11.3. The molecule has 0 aliphatic rings. The first-order valence-corrected chi connectivity index (χ1v) is 7.61. The van der Waals surface area contributed by atoms with Gasteiger partial charge < -0.3 is 26.0 Å². The first-order valence-electron chi connectivity index (χ1n) is 7.61. The highest BCUT2D eigenvalue weighted by Gasteiger charge is 2.33. The van der Waals surface area contributed by atoms with Crippen molar-refractivity contribution in [3.05, 3.63) is 0 Å². The monoisotopic (exact) mass is 348 g/mol. The van der Waals surface area contributed by atoms with Gasteiger partial charge in [0.25, 0.3) is 0 Å². The summed E-state index contributed by atoms with van der Waals surface area (Å²) in [6.45, 7) is 9.06. The molecule has 140 valence electrons. The van der Waals surface area contributed by atoms with Crippen molar-refractivity contribution < 1.29 is 34.5 Å². The molecule has 2 unspecified atom stereocenters. The number of nitrogens with one attached hydrogen (secondary N) is 2. The summed E-state index contributed by atoms with van der Waals surface area (Å²) in [5.74, 6) is -3.84. The number of urea groups is 1. The molecule has 5 N–H and O–H groups in total. The molecule has 2 amide bonds. The third-order valence-electron chi connectivity index (χ3n) is 2.64. The second-order valence-corrected chi connectivity index (χ2v) is 6.29. The van der Waals surface area contributed by atoms with E-state index in [-0.39, 0.29) is 6.42 Å². The minimum absolute atomic E-state index is 0.300. The molecular weight excluding hydrogens is 320 g/mol. The van der Waals surface area contributed by atoms with E-state index in [0.29, 0.717) is 0 Å². The molecule has 2 atom stereocenters. The molecule has 0 rings (SSSR count). The zero-order valence-electron chi connectivity index (χ0n) is 14.8. The summed E-state index contributed by atoms with van der Waals surface area (Å²) in [5.41, 5.74) is -0.775. The molecule has 0 radical (unpaired) electrons. The molecule has 0 aliphatic carbocycles. The normalized spacial score (nSPS) is 12.9. The van der Waals surface area contributed by atoms with Gasteiger partial charge in [-0.3, -0.25) is 4.79 Å². The molecule has 24 heavy (non-hydrogen) atoms. The van der Waals surface area contributed by atoms with Gasteiger partial charge in [0.05, 0.1) is 0 Å². The Balaban J connectivity index is 0. The predicted molar refractivity (Wildman–Crippen MR) is 86.8 cm³/mol. The minimum atomic E-state index is -1.41. The summed E-state index contributed by atoms with van der Waals surface area (Å²) < 4.78 is 0. The van der Waals surface area contributed by atoms with Crippen molar-refractivity contribution in [2.24, 2.45) is 5.41 Å². The third-order valence-corrected chi connectivity index (χ3v) is 2.64. The lowest BCUT2D eigenvalue weighted by molar-refractivity contribution is -0.142. The molecule has 0 fully saturated rings. The number of carbonyl (C=O) groups is 4.